The summed E-state index contributed by atoms with van der Waals surface area (Å²) in [6, 6.07) is 7.68. The molecule has 1 aromatic carbocycles. The summed E-state index contributed by atoms with van der Waals surface area (Å²) in [5, 5.41) is 5.62. The Labute approximate surface area is 155 Å². The molecule has 0 aliphatic heterocycles. The first-order chi connectivity index (χ1) is 11.7. The van der Waals surface area contributed by atoms with Crippen molar-refractivity contribution in [1.82, 2.24) is 10.6 Å². The standard InChI is InChI=1S/C19H30N2O3S/c1-12(2)17(21-19(23)24-13(3)4)18(22)20-15(6)11-25-16-9-7-14(5)8-10-16/h7-10,12-13,15,17H,11H2,1-6H3,(H,20,22)(H,21,23). The Morgan fingerprint density at radius 2 is 1.64 bits per heavy atom. The molecular formula is C19H30N2O3S. The Balaban J connectivity index is 2.51. The molecule has 2 atom stereocenters. The monoisotopic (exact) mass is 366 g/mol. The van der Waals surface area contributed by atoms with E-state index in [2.05, 4.69) is 41.8 Å². The summed E-state index contributed by atoms with van der Waals surface area (Å²) in [5.74, 6) is 0.542. The van der Waals surface area contributed by atoms with Crippen molar-refractivity contribution in [2.75, 3.05) is 5.75 Å². The number of hydrogen-bond acceptors (Lipinski definition) is 4. The van der Waals surface area contributed by atoms with Gasteiger partial charge in [-0.1, -0.05) is 31.5 Å². The van der Waals surface area contributed by atoms with Gasteiger partial charge in [-0.15, -0.1) is 11.8 Å². The normalized spacial score (nSPS) is 13.4. The SMILES string of the molecule is Cc1ccc(SCC(C)NC(=O)C(NC(=O)OC(C)C)C(C)C)cc1. The number of benzene rings is 1. The number of hydrogen-bond donors (Lipinski definition) is 2. The molecule has 140 valence electrons. The molecule has 0 fully saturated rings. The summed E-state index contributed by atoms with van der Waals surface area (Å²) < 4.78 is 5.07. The molecule has 2 amide bonds. The van der Waals surface area contributed by atoms with Crippen LogP contribution in [0.1, 0.15) is 40.2 Å². The van der Waals surface area contributed by atoms with Crippen LogP contribution in [0.4, 0.5) is 4.79 Å². The highest BCUT2D eigenvalue weighted by molar-refractivity contribution is 7.99. The van der Waals surface area contributed by atoms with E-state index in [-0.39, 0.29) is 24.0 Å². The maximum Gasteiger partial charge on any atom is 0.408 e. The summed E-state index contributed by atoms with van der Waals surface area (Å²) in [5.41, 5.74) is 1.23. The molecule has 1 rings (SSSR count). The fourth-order valence-corrected chi connectivity index (χ4v) is 2.99. The van der Waals surface area contributed by atoms with Crippen molar-refractivity contribution < 1.29 is 14.3 Å². The number of amides is 2. The summed E-state index contributed by atoms with van der Waals surface area (Å²) >= 11 is 1.69. The Bertz CT molecular complexity index is 558. The van der Waals surface area contributed by atoms with E-state index in [0.717, 1.165) is 5.75 Å². The van der Waals surface area contributed by atoms with E-state index in [1.165, 1.54) is 10.5 Å². The van der Waals surface area contributed by atoms with Gasteiger partial charge in [0.15, 0.2) is 0 Å². The molecule has 0 radical (unpaired) electrons. The molecule has 0 spiro atoms. The van der Waals surface area contributed by atoms with Crippen LogP contribution in [-0.2, 0) is 9.53 Å². The van der Waals surface area contributed by atoms with Gasteiger partial charge < -0.3 is 15.4 Å². The summed E-state index contributed by atoms with van der Waals surface area (Å²) in [6.45, 7) is 11.4. The third-order valence-corrected chi connectivity index (χ3v) is 4.75. The van der Waals surface area contributed by atoms with Gasteiger partial charge in [0.1, 0.15) is 6.04 Å². The molecule has 2 N–H and O–H groups in total. The van der Waals surface area contributed by atoms with Crippen LogP contribution >= 0.6 is 11.8 Å². The van der Waals surface area contributed by atoms with E-state index in [0.29, 0.717) is 0 Å². The smallest absolute Gasteiger partial charge is 0.408 e. The molecule has 5 nitrogen and oxygen atoms in total. The van der Waals surface area contributed by atoms with E-state index in [9.17, 15) is 9.59 Å². The molecule has 0 heterocycles. The number of alkyl carbamates (subject to hydrolysis) is 1. The highest BCUT2D eigenvalue weighted by Crippen LogP contribution is 2.19. The van der Waals surface area contributed by atoms with Crippen molar-refractivity contribution in [3.05, 3.63) is 29.8 Å². The van der Waals surface area contributed by atoms with Crippen molar-refractivity contribution >= 4 is 23.8 Å². The van der Waals surface area contributed by atoms with Gasteiger partial charge in [-0.05, 0) is 45.7 Å². The number of nitrogens with one attached hydrogen (secondary N) is 2. The minimum atomic E-state index is -0.613. The van der Waals surface area contributed by atoms with E-state index in [1.807, 2.05) is 20.8 Å². The first-order valence-corrected chi connectivity index (χ1v) is 9.64. The Morgan fingerprint density at radius 3 is 2.16 bits per heavy atom. The van der Waals surface area contributed by atoms with Crippen molar-refractivity contribution in [3.63, 3.8) is 0 Å². The fourth-order valence-electron chi connectivity index (χ4n) is 2.14. The van der Waals surface area contributed by atoms with Crippen LogP contribution in [0.15, 0.2) is 29.2 Å². The molecular weight excluding hydrogens is 336 g/mol. The third kappa shape index (κ3) is 8.29. The number of rotatable bonds is 8. The largest absolute Gasteiger partial charge is 0.447 e. The lowest BCUT2D eigenvalue weighted by Crippen LogP contribution is -2.52. The molecule has 1 aromatic rings. The van der Waals surface area contributed by atoms with Crippen LogP contribution in [-0.4, -0.2) is 35.9 Å². The minimum absolute atomic E-state index is 0.0111. The predicted octanol–water partition coefficient (Wildman–Crippen LogP) is 3.75. The Kier molecular flexibility index (Phi) is 8.83. The van der Waals surface area contributed by atoms with Crippen LogP contribution in [0.25, 0.3) is 0 Å². The molecule has 0 saturated carbocycles. The lowest BCUT2D eigenvalue weighted by atomic mass is 10.0. The fraction of sp³-hybridized carbons (Fsp3) is 0.579. The van der Waals surface area contributed by atoms with E-state index in [1.54, 1.807) is 25.6 Å². The zero-order chi connectivity index (χ0) is 19.0. The maximum absolute atomic E-state index is 12.5. The van der Waals surface area contributed by atoms with Gasteiger partial charge in [-0.3, -0.25) is 4.79 Å². The van der Waals surface area contributed by atoms with Gasteiger partial charge in [-0.25, -0.2) is 4.79 Å². The van der Waals surface area contributed by atoms with Gasteiger partial charge in [0.25, 0.3) is 0 Å². The number of thioether (sulfide) groups is 1. The summed E-state index contributed by atoms with van der Waals surface area (Å²) in [6.07, 6.45) is -0.786. The van der Waals surface area contributed by atoms with Crippen molar-refractivity contribution in [3.8, 4) is 0 Å². The topological polar surface area (TPSA) is 67.4 Å². The minimum Gasteiger partial charge on any atom is -0.447 e. The van der Waals surface area contributed by atoms with Gasteiger partial charge in [0.2, 0.25) is 5.91 Å². The maximum atomic E-state index is 12.5. The van der Waals surface area contributed by atoms with Crippen LogP contribution < -0.4 is 10.6 Å². The summed E-state index contributed by atoms with van der Waals surface area (Å²) in [7, 11) is 0. The second-order valence-electron chi connectivity index (χ2n) is 6.85. The second kappa shape index (κ2) is 10.3. The van der Waals surface area contributed by atoms with E-state index >= 15 is 0 Å². The van der Waals surface area contributed by atoms with E-state index < -0.39 is 12.1 Å². The van der Waals surface area contributed by atoms with Crippen molar-refractivity contribution in [1.29, 1.82) is 0 Å². The lowest BCUT2D eigenvalue weighted by molar-refractivity contribution is -0.124. The zero-order valence-corrected chi connectivity index (χ0v) is 16.8. The average molecular weight is 367 g/mol. The van der Waals surface area contributed by atoms with Crippen LogP contribution in [0, 0.1) is 12.8 Å². The molecule has 0 aliphatic carbocycles. The Hall–Kier alpha value is -1.69. The van der Waals surface area contributed by atoms with Crippen LogP contribution in [0.2, 0.25) is 0 Å². The molecule has 2 unspecified atom stereocenters. The zero-order valence-electron chi connectivity index (χ0n) is 16.0. The van der Waals surface area contributed by atoms with Crippen LogP contribution in [0.3, 0.4) is 0 Å². The number of carbonyl (C=O) groups excluding carboxylic acids is 2. The second-order valence-corrected chi connectivity index (χ2v) is 7.95. The first kappa shape index (κ1) is 21.4. The third-order valence-electron chi connectivity index (χ3n) is 3.47. The molecule has 0 bridgehead atoms. The molecule has 6 heteroatoms. The Morgan fingerprint density at radius 1 is 1.04 bits per heavy atom. The van der Waals surface area contributed by atoms with Crippen LogP contribution in [0.5, 0.6) is 0 Å². The van der Waals surface area contributed by atoms with Gasteiger partial charge in [0.05, 0.1) is 6.10 Å². The first-order valence-electron chi connectivity index (χ1n) is 8.66. The average Bonchev–Trinajstić information content (AvgIpc) is 2.51. The van der Waals surface area contributed by atoms with Gasteiger partial charge in [0, 0.05) is 16.7 Å². The highest BCUT2D eigenvalue weighted by atomic mass is 32.2. The predicted molar refractivity (Wildman–Crippen MR) is 103 cm³/mol. The molecule has 0 saturated heterocycles. The van der Waals surface area contributed by atoms with Crippen molar-refractivity contribution in [2.24, 2.45) is 5.92 Å². The molecule has 0 aliphatic rings. The van der Waals surface area contributed by atoms with Gasteiger partial charge >= 0.3 is 6.09 Å². The summed E-state index contributed by atoms with van der Waals surface area (Å²) in [4.78, 5) is 25.4. The number of carbonyl (C=O) groups is 2. The molecule has 0 aromatic heterocycles. The van der Waals surface area contributed by atoms with Crippen molar-refractivity contribution in [2.45, 2.75) is 64.6 Å². The van der Waals surface area contributed by atoms with E-state index in [4.69, 9.17) is 4.74 Å². The lowest BCUT2D eigenvalue weighted by Gasteiger charge is -2.24. The quantitative estimate of drug-likeness (QED) is 0.688. The number of aryl methyl sites for hydroxylation is 1. The highest BCUT2D eigenvalue weighted by Gasteiger charge is 2.26. The molecule has 25 heavy (non-hydrogen) atoms. The number of ether oxygens (including phenoxy) is 1. The van der Waals surface area contributed by atoms with Gasteiger partial charge in [-0.2, -0.15) is 0 Å².